The first-order valence-electron chi connectivity index (χ1n) is 7.40. The van der Waals surface area contributed by atoms with E-state index in [1.54, 1.807) is 0 Å². The molecule has 1 N–H and O–H groups in total. The molecule has 0 amide bonds. The van der Waals surface area contributed by atoms with E-state index < -0.39 is 9.84 Å². The van der Waals surface area contributed by atoms with Crippen molar-refractivity contribution >= 4 is 9.84 Å². The number of rotatable bonds is 5. The zero-order valence-electron chi connectivity index (χ0n) is 12.6. The van der Waals surface area contributed by atoms with E-state index in [-0.39, 0.29) is 17.0 Å². The van der Waals surface area contributed by atoms with Crippen LogP contribution < -0.4 is 5.32 Å². The van der Waals surface area contributed by atoms with E-state index in [9.17, 15) is 8.42 Å². The number of aryl methyl sites for hydroxylation is 2. The van der Waals surface area contributed by atoms with Crippen molar-refractivity contribution in [3.8, 4) is 0 Å². The van der Waals surface area contributed by atoms with Crippen LogP contribution in [0, 0.1) is 13.8 Å². The summed E-state index contributed by atoms with van der Waals surface area (Å²) in [5.74, 6) is 0.206. The molecule has 1 aliphatic rings. The van der Waals surface area contributed by atoms with Crippen molar-refractivity contribution in [1.82, 2.24) is 5.32 Å². The third kappa shape index (κ3) is 3.41. The molecule has 1 atom stereocenters. The van der Waals surface area contributed by atoms with Gasteiger partial charge >= 0.3 is 0 Å². The van der Waals surface area contributed by atoms with Crippen molar-refractivity contribution < 1.29 is 8.42 Å². The summed E-state index contributed by atoms with van der Waals surface area (Å²) in [5, 5.41) is 3.06. The number of hydrogen-bond donors (Lipinski definition) is 1. The van der Waals surface area contributed by atoms with Crippen LogP contribution in [0.25, 0.3) is 0 Å². The standard InChI is InChI=1S/C16H25NO2S/c1-12-8-9-15(13(2)10-12)16(17-3)11-20(18,19)14-6-4-5-7-14/h8-10,14,16-17H,4-7,11H2,1-3H3. The Balaban J connectivity index is 2.20. The molecule has 112 valence electrons. The molecule has 0 spiro atoms. The van der Waals surface area contributed by atoms with E-state index in [1.807, 2.05) is 7.05 Å². The van der Waals surface area contributed by atoms with E-state index in [0.717, 1.165) is 36.8 Å². The molecule has 1 aromatic rings. The second-order valence-corrected chi connectivity index (χ2v) is 8.26. The molecular weight excluding hydrogens is 270 g/mol. The number of nitrogens with one attached hydrogen (secondary N) is 1. The first-order valence-corrected chi connectivity index (χ1v) is 9.11. The first-order chi connectivity index (χ1) is 9.44. The number of sulfone groups is 1. The van der Waals surface area contributed by atoms with Crippen LogP contribution in [-0.2, 0) is 9.84 Å². The summed E-state index contributed by atoms with van der Waals surface area (Å²) in [4.78, 5) is 0. The van der Waals surface area contributed by atoms with Crippen LogP contribution in [0.4, 0.5) is 0 Å². The van der Waals surface area contributed by atoms with Gasteiger partial charge in [-0.3, -0.25) is 0 Å². The van der Waals surface area contributed by atoms with Gasteiger partial charge in [-0.15, -0.1) is 0 Å². The minimum Gasteiger partial charge on any atom is -0.312 e. The maximum Gasteiger partial charge on any atom is 0.155 e. The molecule has 1 saturated carbocycles. The molecule has 0 saturated heterocycles. The fraction of sp³-hybridized carbons (Fsp3) is 0.625. The first kappa shape index (κ1) is 15.5. The molecular formula is C16H25NO2S. The second kappa shape index (κ2) is 6.27. The average molecular weight is 295 g/mol. The maximum absolute atomic E-state index is 12.5. The van der Waals surface area contributed by atoms with E-state index in [1.165, 1.54) is 5.56 Å². The van der Waals surface area contributed by atoms with E-state index in [4.69, 9.17) is 0 Å². The van der Waals surface area contributed by atoms with Gasteiger partial charge in [-0.2, -0.15) is 0 Å². The molecule has 0 aromatic heterocycles. The molecule has 1 aliphatic carbocycles. The molecule has 4 heteroatoms. The van der Waals surface area contributed by atoms with E-state index in [2.05, 4.69) is 37.4 Å². The predicted octanol–water partition coefficient (Wildman–Crippen LogP) is 2.92. The maximum atomic E-state index is 12.5. The van der Waals surface area contributed by atoms with Crippen molar-refractivity contribution in [2.75, 3.05) is 12.8 Å². The Labute approximate surface area is 122 Å². The highest BCUT2D eigenvalue weighted by atomic mass is 32.2. The lowest BCUT2D eigenvalue weighted by Crippen LogP contribution is -2.31. The monoisotopic (exact) mass is 295 g/mol. The highest BCUT2D eigenvalue weighted by molar-refractivity contribution is 7.92. The van der Waals surface area contributed by atoms with Crippen LogP contribution in [-0.4, -0.2) is 26.5 Å². The molecule has 0 radical (unpaired) electrons. The molecule has 1 unspecified atom stereocenters. The van der Waals surface area contributed by atoms with E-state index in [0.29, 0.717) is 0 Å². The summed E-state index contributed by atoms with van der Waals surface area (Å²) in [6, 6.07) is 6.11. The Morgan fingerprint density at radius 3 is 2.45 bits per heavy atom. The number of benzene rings is 1. The van der Waals surface area contributed by atoms with Gasteiger partial charge in [0.1, 0.15) is 0 Å². The molecule has 1 aromatic carbocycles. The van der Waals surface area contributed by atoms with Gasteiger partial charge in [-0.05, 0) is 44.9 Å². The van der Waals surface area contributed by atoms with Gasteiger partial charge in [0.15, 0.2) is 9.84 Å². The minimum absolute atomic E-state index is 0.110. The predicted molar refractivity (Wildman–Crippen MR) is 83.8 cm³/mol. The van der Waals surface area contributed by atoms with Crippen molar-refractivity contribution in [3.63, 3.8) is 0 Å². The third-order valence-electron chi connectivity index (χ3n) is 4.36. The average Bonchev–Trinajstić information content (AvgIpc) is 2.91. The summed E-state index contributed by atoms with van der Waals surface area (Å²) in [5.41, 5.74) is 3.46. The summed E-state index contributed by atoms with van der Waals surface area (Å²) in [7, 11) is -1.17. The summed E-state index contributed by atoms with van der Waals surface area (Å²) < 4.78 is 25.0. The van der Waals surface area contributed by atoms with Gasteiger partial charge in [-0.1, -0.05) is 36.6 Å². The Bertz CT molecular complexity index is 560. The van der Waals surface area contributed by atoms with Crippen LogP contribution in [0.2, 0.25) is 0 Å². The smallest absolute Gasteiger partial charge is 0.155 e. The molecule has 0 bridgehead atoms. The molecule has 0 aliphatic heterocycles. The van der Waals surface area contributed by atoms with E-state index >= 15 is 0 Å². The highest BCUT2D eigenvalue weighted by Crippen LogP contribution is 2.28. The minimum atomic E-state index is -3.01. The molecule has 1 fully saturated rings. The van der Waals surface area contributed by atoms with Gasteiger partial charge in [-0.25, -0.2) is 8.42 Å². The lowest BCUT2D eigenvalue weighted by molar-refractivity contribution is 0.559. The molecule has 20 heavy (non-hydrogen) atoms. The Kier molecular flexibility index (Phi) is 4.86. The van der Waals surface area contributed by atoms with Crippen molar-refractivity contribution in [3.05, 3.63) is 34.9 Å². The number of hydrogen-bond acceptors (Lipinski definition) is 3. The Hall–Kier alpha value is -0.870. The van der Waals surface area contributed by atoms with Gasteiger partial charge in [0.2, 0.25) is 0 Å². The topological polar surface area (TPSA) is 46.2 Å². The SMILES string of the molecule is CNC(CS(=O)(=O)C1CCCC1)c1ccc(C)cc1C. The fourth-order valence-corrected chi connectivity index (χ4v) is 5.30. The van der Waals surface area contributed by atoms with Gasteiger partial charge < -0.3 is 5.32 Å². The lowest BCUT2D eigenvalue weighted by atomic mass is 10.0. The van der Waals surface area contributed by atoms with Gasteiger partial charge in [0.25, 0.3) is 0 Å². The van der Waals surface area contributed by atoms with Crippen LogP contribution in [0.3, 0.4) is 0 Å². The zero-order valence-corrected chi connectivity index (χ0v) is 13.5. The quantitative estimate of drug-likeness (QED) is 0.908. The molecule has 3 nitrogen and oxygen atoms in total. The summed E-state index contributed by atoms with van der Waals surface area (Å²) >= 11 is 0. The van der Waals surface area contributed by atoms with Crippen LogP contribution in [0.5, 0.6) is 0 Å². The Morgan fingerprint density at radius 1 is 1.25 bits per heavy atom. The normalized spacial score (nSPS) is 18.4. The van der Waals surface area contributed by atoms with Crippen molar-refractivity contribution in [1.29, 1.82) is 0 Å². The summed E-state index contributed by atoms with van der Waals surface area (Å²) in [6.07, 6.45) is 3.78. The van der Waals surface area contributed by atoms with Crippen LogP contribution in [0.1, 0.15) is 48.4 Å². The van der Waals surface area contributed by atoms with Gasteiger partial charge in [0, 0.05) is 6.04 Å². The zero-order chi connectivity index (χ0) is 14.8. The third-order valence-corrected chi connectivity index (χ3v) is 6.64. The molecule has 0 heterocycles. The lowest BCUT2D eigenvalue weighted by Gasteiger charge is -2.21. The van der Waals surface area contributed by atoms with Crippen molar-refractivity contribution in [2.24, 2.45) is 0 Å². The summed E-state index contributed by atoms with van der Waals surface area (Å²) in [6.45, 7) is 4.11. The van der Waals surface area contributed by atoms with Crippen molar-refractivity contribution in [2.45, 2.75) is 50.8 Å². The van der Waals surface area contributed by atoms with Crippen LogP contribution >= 0.6 is 0 Å². The highest BCUT2D eigenvalue weighted by Gasteiger charge is 2.31. The molecule has 2 rings (SSSR count). The van der Waals surface area contributed by atoms with Gasteiger partial charge in [0.05, 0.1) is 11.0 Å². The fourth-order valence-electron chi connectivity index (χ4n) is 3.16. The Morgan fingerprint density at radius 2 is 1.90 bits per heavy atom. The second-order valence-electron chi connectivity index (χ2n) is 5.94. The largest absolute Gasteiger partial charge is 0.312 e. The van der Waals surface area contributed by atoms with Crippen LogP contribution in [0.15, 0.2) is 18.2 Å².